The van der Waals surface area contributed by atoms with Crippen LogP contribution in [-0.4, -0.2) is 40.9 Å². The smallest absolute Gasteiger partial charge is 0.321 e. The predicted molar refractivity (Wildman–Crippen MR) is 80.7 cm³/mol. The van der Waals surface area contributed by atoms with E-state index in [0.29, 0.717) is 5.75 Å². The Hall–Kier alpha value is -1.04. The van der Waals surface area contributed by atoms with Crippen LogP contribution in [0.5, 0.6) is 0 Å². The minimum Gasteiger partial charge on any atom is -0.480 e. The van der Waals surface area contributed by atoms with Crippen molar-refractivity contribution in [3.63, 3.8) is 0 Å². The summed E-state index contributed by atoms with van der Waals surface area (Å²) in [6.45, 7) is 3.33. The summed E-state index contributed by atoms with van der Waals surface area (Å²) in [7, 11) is 0. The highest BCUT2D eigenvalue weighted by Crippen LogP contribution is 2.35. The van der Waals surface area contributed by atoms with Gasteiger partial charge in [0.2, 0.25) is 0 Å². The van der Waals surface area contributed by atoms with Gasteiger partial charge in [-0.25, -0.2) is 0 Å². The van der Waals surface area contributed by atoms with E-state index in [-0.39, 0.29) is 5.37 Å². The molecule has 0 spiro atoms. The van der Waals surface area contributed by atoms with Crippen molar-refractivity contribution in [1.29, 1.82) is 0 Å². The van der Waals surface area contributed by atoms with Crippen molar-refractivity contribution >= 4 is 17.7 Å². The van der Waals surface area contributed by atoms with Crippen LogP contribution in [0.3, 0.4) is 0 Å². The van der Waals surface area contributed by atoms with E-state index in [4.69, 9.17) is 5.11 Å². The highest BCUT2D eigenvalue weighted by atomic mass is 32.2. The lowest BCUT2D eigenvalue weighted by Crippen LogP contribution is -2.34. The molecule has 1 aromatic rings. The summed E-state index contributed by atoms with van der Waals surface area (Å²) in [6.07, 6.45) is 2.58. The van der Waals surface area contributed by atoms with Crippen LogP contribution in [0.2, 0.25) is 0 Å². The number of aliphatic carboxylic acids is 1. The van der Waals surface area contributed by atoms with E-state index in [0.717, 1.165) is 6.54 Å². The number of thioether (sulfide) groups is 1. The normalized spacial score (nSPS) is 27.0. The fourth-order valence-electron chi connectivity index (χ4n) is 2.91. The van der Waals surface area contributed by atoms with Gasteiger partial charge in [-0.2, -0.15) is 0 Å². The van der Waals surface area contributed by atoms with E-state index in [9.17, 15) is 4.79 Å². The molecule has 5 heteroatoms. The standard InChI is InChI=1S/C15H20N2O2S/c18-15(19)13-10-20-14(16-13)12-6-2-1-5-11(12)9-17-7-3-4-8-17/h1-2,5-6,13-14,16H,3-4,7-10H2,(H,18,19). The van der Waals surface area contributed by atoms with Gasteiger partial charge in [-0.3, -0.25) is 15.0 Å². The molecular formula is C15H20N2O2S. The van der Waals surface area contributed by atoms with E-state index in [2.05, 4.69) is 28.4 Å². The molecule has 20 heavy (non-hydrogen) atoms. The minimum absolute atomic E-state index is 0.106. The molecule has 108 valence electrons. The summed E-state index contributed by atoms with van der Waals surface area (Å²) in [4.78, 5) is 13.5. The number of rotatable bonds is 4. The summed E-state index contributed by atoms with van der Waals surface area (Å²) < 4.78 is 0. The molecule has 0 aromatic heterocycles. The summed E-state index contributed by atoms with van der Waals surface area (Å²) in [6, 6.07) is 7.98. The number of hydrogen-bond donors (Lipinski definition) is 2. The molecule has 3 rings (SSSR count). The predicted octanol–water partition coefficient (Wildman–Crippen LogP) is 2.07. The second-order valence-corrected chi connectivity index (χ2v) is 6.59. The largest absolute Gasteiger partial charge is 0.480 e. The van der Waals surface area contributed by atoms with Crippen molar-refractivity contribution in [2.45, 2.75) is 30.8 Å². The van der Waals surface area contributed by atoms with Crippen LogP contribution in [0, 0.1) is 0 Å². The third-order valence-electron chi connectivity index (χ3n) is 4.01. The molecule has 2 fully saturated rings. The van der Waals surface area contributed by atoms with E-state index in [1.165, 1.54) is 37.1 Å². The lowest BCUT2D eigenvalue weighted by atomic mass is 10.1. The van der Waals surface area contributed by atoms with Gasteiger partial charge < -0.3 is 5.11 Å². The first-order valence-electron chi connectivity index (χ1n) is 7.14. The highest BCUT2D eigenvalue weighted by Gasteiger charge is 2.31. The molecule has 2 heterocycles. The Balaban J connectivity index is 1.74. The van der Waals surface area contributed by atoms with Gasteiger partial charge >= 0.3 is 5.97 Å². The second kappa shape index (κ2) is 6.16. The zero-order valence-electron chi connectivity index (χ0n) is 11.4. The van der Waals surface area contributed by atoms with Crippen molar-refractivity contribution in [1.82, 2.24) is 10.2 Å². The fourth-order valence-corrected chi connectivity index (χ4v) is 4.20. The number of nitrogens with one attached hydrogen (secondary N) is 1. The Morgan fingerprint density at radius 2 is 2.10 bits per heavy atom. The monoisotopic (exact) mass is 292 g/mol. The fraction of sp³-hybridized carbons (Fsp3) is 0.533. The SMILES string of the molecule is O=C(O)C1CSC(c2ccccc2CN2CCCC2)N1. The Labute approximate surface area is 123 Å². The number of carboxylic acids is 1. The first-order chi connectivity index (χ1) is 9.74. The lowest BCUT2D eigenvalue weighted by Gasteiger charge is -2.20. The maximum Gasteiger partial charge on any atom is 0.321 e. The molecule has 4 nitrogen and oxygen atoms in total. The summed E-state index contributed by atoms with van der Waals surface area (Å²) >= 11 is 1.69. The Kier molecular flexibility index (Phi) is 4.29. The van der Waals surface area contributed by atoms with E-state index < -0.39 is 12.0 Å². The summed E-state index contributed by atoms with van der Waals surface area (Å²) in [5.41, 5.74) is 2.57. The van der Waals surface area contributed by atoms with Gasteiger partial charge in [-0.1, -0.05) is 24.3 Å². The number of hydrogen-bond acceptors (Lipinski definition) is 4. The third-order valence-corrected chi connectivity index (χ3v) is 5.26. The van der Waals surface area contributed by atoms with Crippen molar-refractivity contribution in [3.05, 3.63) is 35.4 Å². The van der Waals surface area contributed by atoms with Crippen molar-refractivity contribution in [2.75, 3.05) is 18.8 Å². The number of carbonyl (C=O) groups is 1. The Morgan fingerprint density at radius 1 is 1.35 bits per heavy atom. The average molecular weight is 292 g/mol. The molecule has 2 N–H and O–H groups in total. The quantitative estimate of drug-likeness (QED) is 0.890. The Morgan fingerprint density at radius 3 is 2.80 bits per heavy atom. The highest BCUT2D eigenvalue weighted by molar-refractivity contribution is 7.99. The zero-order chi connectivity index (χ0) is 13.9. The molecule has 2 unspecified atom stereocenters. The van der Waals surface area contributed by atoms with Crippen LogP contribution in [0.1, 0.15) is 29.3 Å². The van der Waals surface area contributed by atoms with Crippen LogP contribution >= 0.6 is 11.8 Å². The van der Waals surface area contributed by atoms with Crippen molar-refractivity contribution < 1.29 is 9.90 Å². The number of likely N-dealkylation sites (tertiary alicyclic amines) is 1. The number of benzene rings is 1. The van der Waals surface area contributed by atoms with Gasteiger partial charge in [0, 0.05) is 12.3 Å². The third kappa shape index (κ3) is 3.00. The van der Waals surface area contributed by atoms with Crippen LogP contribution in [0.15, 0.2) is 24.3 Å². The molecule has 0 bridgehead atoms. The molecular weight excluding hydrogens is 272 g/mol. The molecule has 1 aromatic carbocycles. The summed E-state index contributed by atoms with van der Waals surface area (Å²) in [5, 5.41) is 12.4. The molecule has 2 aliphatic rings. The van der Waals surface area contributed by atoms with Gasteiger partial charge in [0.15, 0.2) is 0 Å². The van der Waals surface area contributed by atoms with Crippen LogP contribution in [-0.2, 0) is 11.3 Å². The van der Waals surface area contributed by atoms with Crippen LogP contribution in [0.4, 0.5) is 0 Å². The second-order valence-electron chi connectivity index (χ2n) is 5.45. The van der Waals surface area contributed by atoms with Gasteiger partial charge in [-0.15, -0.1) is 11.8 Å². The van der Waals surface area contributed by atoms with Crippen LogP contribution < -0.4 is 5.32 Å². The average Bonchev–Trinajstić information content (AvgIpc) is 3.10. The number of carboxylic acid groups (broad SMARTS) is 1. The summed E-state index contributed by atoms with van der Waals surface area (Å²) in [5.74, 6) is -0.116. The maximum atomic E-state index is 11.1. The maximum absolute atomic E-state index is 11.1. The number of nitrogens with zero attached hydrogens (tertiary/aromatic N) is 1. The zero-order valence-corrected chi connectivity index (χ0v) is 12.2. The van der Waals surface area contributed by atoms with E-state index in [1.807, 2.05) is 6.07 Å². The topological polar surface area (TPSA) is 52.6 Å². The molecule has 0 saturated carbocycles. The molecule has 0 amide bonds. The Bertz CT molecular complexity index is 489. The van der Waals surface area contributed by atoms with Crippen molar-refractivity contribution in [2.24, 2.45) is 0 Å². The molecule has 2 aliphatic heterocycles. The van der Waals surface area contributed by atoms with Gasteiger partial charge in [0.05, 0.1) is 5.37 Å². The van der Waals surface area contributed by atoms with E-state index >= 15 is 0 Å². The molecule has 0 radical (unpaired) electrons. The first-order valence-corrected chi connectivity index (χ1v) is 8.19. The first kappa shape index (κ1) is 13.9. The van der Waals surface area contributed by atoms with Gasteiger partial charge in [0.1, 0.15) is 6.04 Å². The molecule has 2 saturated heterocycles. The van der Waals surface area contributed by atoms with Gasteiger partial charge in [-0.05, 0) is 37.1 Å². The van der Waals surface area contributed by atoms with Crippen LogP contribution in [0.25, 0.3) is 0 Å². The lowest BCUT2D eigenvalue weighted by molar-refractivity contribution is -0.138. The van der Waals surface area contributed by atoms with Gasteiger partial charge in [0.25, 0.3) is 0 Å². The van der Waals surface area contributed by atoms with E-state index in [1.54, 1.807) is 11.8 Å². The molecule has 0 aliphatic carbocycles. The molecule has 2 atom stereocenters. The minimum atomic E-state index is -0.753. The van der Waals surface area contributed by atoms with Crippen molar-refractivity contribution in [3.8, 4) is 0 Å².